The van der Waals surface area contributed by atoms with Crippen molar-refractivity contribution in [2.75, 3.05) is 9.80 Å². The van der Waals surface area contributed by atoms with Crippen LogP contribution in [0.5, 0.6) is 0 Å². The molecule has 0 fully saturated rings. The molecule has 0 amide bonds. The van der Waals surface area contributed by atoms with E-state index in [-0.39, 0.29) is 34.3 Å². The summed E-state index contributed by atoms with van der Waals surface area (Å²) in [7, 11) is 0. The Labute approximate surface area is 518 Å². The van der Waals surface area contributed by atoms with Crippen LogP contribution in [-0.4, -0.2) is 6.71 Å². The highest BCUT2D eigenvalue weighted by Crippen LogP contribution is 2.53. The van der Waals surface area contributed by atoms with Gasteiger partial charge in [0, 0.05) is 39.8 Å². The fraction of sp³-hybridized carbons (Fsp3) is 0.214. The monoisotopic (exact) mass is 1130 g/mol. The molecule has 14 rings (SSSR count). The molecular formula is C84H79BN2. The van der Waals surface area contributed by atoms with Gasteiger partial charge < -0.3 is 9.80 Å². The summed E-state index contributed by atoms with van der Waals surface area (Å²) < 4.78 is 0. The molecule has 11 aromatic carbocycles. The van der Waals surface area contributed by atoms with E-state index in [0.717, 1.165) is 17.8 Å². The quantitative estimate of drug-likeness (QED) is 0.147. The van der Waals surface area contributed by atoms with Crippen molar-refractivity contribution in [3.8, 4) is 44.5 Å². The third-order valence-electron chi connectivity index (χ3n) is 19.1. The molecule has 0 aromatic heterocycles. The van der Waals surface area contributed by atoms with Gasteiger partial charge in [0.05, 0.1) is 11.4 Å². The molecule has 11 aromatic rings. The van der Waals surface area contributed by atoms with Gasteiger partial charge in [0.25, 0.3) is 6.71 Å². The molecule has 1 aliphatic carbocycles. The molecule has 3 aliphatic rings. The lowest BCUT2D eigenvalue weighted by Gasteiger charge is -2.46. The van der Waals surface area contributed by atoms with Gasteiger partial charge in [0.15, 0.2) is 0 Å². The summed E-state index contributed by atoms with van der Waals surface area (Å²) in [6, 6.07) is 94.0. The second-order valence-corrected chi connectivity index (χ2v) is 29.0. The Kier molecular flexibility index (Phi) is 13.4. The maximum absolute atomic E-state index is 2.68. The van der Waals surface area contributed by atoms with Crippen LogP contribution in [0.15, 0.2) is 243 Å². The normalized spacial score (nSPS) is 13.8. The van der Waals surface area contributed by atoms with E-state index in [1.54, 1.807) is 0 Å². The lowest BCUT2D eigenvalue weighted by Crippen LogP contribution is -2.61. The van der Waals surface area contributed by atoms with Crippen LogP contribution < -0.4 is 26.2 Å². The second kappa shape index (κ2) is 20.9. The molecule has 0 N–H and O–H groups in total. The molecule has 428 valence electrons. The van der Waals surface area contributed by atoms with Gasteiger partial charge in [-0.1, -0.05) is 277 Å². The Balaban J connectivity index is 1.14. The number of nitrogens with zero attached hydrogens (tertiary/aromatic N) is 2. The number of fused-ring (bicyclic) bond motifs is 6. The SMILES string of the molecule is CC(C)(C)c1ccc(-c2cc(C(C)(C)C)ccc2N2c3ccc(-c4ccccc4)cc3B3c4cc(-c5ccccc5)ccc4N(c4ccc(C(C)(C)C)cc4-c4ccc(C(C)(C)C)cc4)c4cc(C5c6ccccc6Cc6ccccc65)cc2c43)cc1. The lowest BCUT2D eigenvalue weighted by atomic mass is 9.33. The van der Waals surface area contributed by atoms with Gasteiger partial charge >= 0.3 is 0 Å². The molecule has 0 saturated carbocycles. The van der Waals surface area contributed by atoms with Gasteiger partial charge in [-0.2, -0.15) is 0 Å². The molecule has 0 atom stereocenters. The first-order valence-corrected chi connectivity index (χ1v) is 31.5. The van der Waals surface area contributed by atoms with E-state index in [9.17, 15) is 0 Å². The summed E-state index contributed by atoms with van der Waals surface area (Å²) in [4.78, 5) is 5.37. The first-order chi connectivity index (χ1) is 41.7. The van der Waals surface area contributed by atoms with Gasteiger partial charge in [-0.25, -0.2) is 0 Å². The average molecular weight is 1130 g/mol. The van der Waals surface area contributed by atoms with E-state index >= 15 is 0 Å². The second-order valence-electron chi connectivity index (χ2n) is 29.0. The predicted molar refractivity (Wildman–Crippen MR) is 374 cm³/mol. The van der Waals surface area contributed by atoms with E-state index in [2.05, 4.69) is 336 Å². The van der Waals surface area contributed by atoms with Gasteiger partial charge in [-0.15, -0.1) is 0 Å². The van der Waals surface area contributed by atoms with E-state index < -0.39 is 0 Å². The molecule has 0 spiro atoms. The smallest absolute Gasteiger partial charge is 0.252 e. The van der Waals surface area contributed by atoms with E-state index in [1.165, 1.54) is 134 Å². The number of benzene rings is 11. The van der Waals surface area contributed by atoms with Crippen molar-refractivity contribution >= 4 is 57.2 Å². The Morgan fingerprint density at radius 1 is 0.299 bits per heavy atom. The fourth-order valence-corrected chi connectivity index (χ4v) is 14.2. The van der Waals surface area contributed by atoms with Crippen LogP contribution in [0.4, 0.5) is 34.1 Å². The zero-order valence-electron chi connectivity index (χ0n) is 52.9. The zero-order valence-corrected chi connectivity index (χ0v) is 52.9. The molecule has 2 heterocycles. The van der Waals surface area contributed by atoms with Gasteiger partial charge in [-0.05, 0) is 176 Å². The molecule has 2 aliphatic heterocycles. The number of hydrogen-bond donors (Lipinski definition) is 0. The van der Waals surface area contributed by atoms with Crippen LogP contribution in [-0.2, 0) is 28.1 Å². The Bertz CT molecular complexity index is 4170. The average Bonchev–Trinajstić information content (AvgIpc) is 0.715. The van der Waals surface area contributed by atoms with E-state index in [4.69, 9.17) is 0 Å². The zero-order chi connectivity index (χ0) is 60.3. The van der Waals surface area contributed by atoms with Gasteiger partial charge in [0.1, 0.15) is 0 Å². The van der Waals surface area contributed by atoms with Crippen LogP contribution in [0.3, 0.4) is 0 Å². The van der Waals surface area contributed by atoms with Crippen LogP contribution in [0, 0.1) is 0 Å². The van der Waals surface area contributed by atoms with Crippen molar-refractivity contribution in [1.82, 2.24) is 0 Å². The minimum atomic E-state index is -0.147. The number of hydrogen-bond acceptors (Lipinski definition) is 2. The summed E-state index contributed by atoms with van der Waals surface area (Å²) >= 11 is 0. The molecule has 0 saturated heterocycles. The fourth-order valence-electron chi connectivity index (χ4n) is 14.2. The lowest BCUT2D eigenvalue weighted by molar-refractivity contribution is 0.589. The highest BCUT2D eigenvalue weighted by atomic mass is 15.2. The number of anilines is 6. The first-order valence-electron chi connectivity index (χ1n) is 31.5. The van der Waals surface area contributed by atoms with Crippen LogP contribution in [0.25, 0.3) is 44.5 Å². The van der Waals surface area contributed by atoms with Crippen LogP contribution >= 0.6 is 0 Å². The third kappa shape index (κ3) is 9.94. The minimum absolute atomic E-state index is 0.00705. The predicted octanol–water partition coefficient (Wildman–Crippen LogP) is 20.7. The molecular weight excluding hydrogens is 1050 g/mol. The highest BCUT2D eigenvalue weighted by Gasteiger charge is 2.46. The highest BCUT2D eigenvalue weighted by molar-refractivity contribution is 7.00. The topological polar surface area (TPSA) is 6.48 Å². The van der Waals surface area contributed by atoms with Crippen molar-refractivity contribution in [2.24, 2.45) is 0 Å². The standard InChI is InChI=1S/C84H79BN2/c1-81(2,3)63-37-31-56(32-38-63)69-52-65(83(7,8)9)41-45-73(69)86-75-43-35-58(54-23-15-13-16-24-54)48-71(75)85-72-49-59(55-25-17-14-18-26-55)36-44-76(72)87(74-46-42-66(84(10,11)12)53-70(74)57-33-39-64(40-34-57)82(4,5)6)78-51-62(50-77(86)80(78)85)79-67-29-21-19-27-60(67)47-61-28-20-22-30-68(61)79/h13-46,48-53,79H,47H2,1-12H3. The Morgan fingerprint density at radius 3 is 1.03 bits per heavy atom. The molecule has 87 heavy (non-hydrogen) atoms. The Hall–Kier alpha value is -8.92. The van der Waals surface area contributed by atoms with Crippen molar-refractivity contribution in [1.29, 1.82) is 0 Å². The first kappa shape index (κ1) is 55.9. The molecule has 2 nitrogen and oxygen atoms in total. The van der Waals surface area contributed by atoms with Crippen molar-refractivity contribution in [3.63, 3.8) is 0 Å². The van der Waals surface area contributed by atoms with Crippen molar-refractivity contribution < 1.29 is 0 Å². The van der Waals surface area contributed by atoms with E-state index in [0.29, 0.717) is 0 Å². The summed E-state index contributed by atoms with van der Waals surface area (Å²) in [5.74, 6) is -0.0288. The van der Waals surface area contributed by atoms with Gasteiger partial charge in [-0.3, -0.25) is 0 Å². The van der Waals surface area contributed by atoms with Crippen LogP contribution in [0.1, 0.15) is 139 Å². The van der Waals surface area contributed by atoms with Crippen molar-refractivity contribution in [3.05, 3.63) is 293 Å². The summed E-state index contributed by atoms with van der Waals surface area (Å²) in [5, 5.41) is 0. The van der Waals surface area contributed by atoms with Crippen molar-refractivity contribution in [2.45, 2.75) is 117 Å². The largest absolute Gasteiger partial charge is 0.311 e. The minimum Gasteiger partial charge on any atom is -0.311 e. The molecule has 0 radical (unpaired) electrons. The molecule has 3 heteroatoms. The summed E-state index contributed by atoms with van der Waals surface area (Å²) in [6.07, 6.45) is 0.907. The summed E-state index contributed by atoms with van der Waals surface area (Å²) in [5.41, 5.74) is 32.5. The number of rotatable bonds is 7. The van der Waals surface area contributed by atoms with Gasteiger partial charge in [0.2, 0.25) is 0 Å². The van der Waals surface area contributed by atoms with Crippen LogP contribution in [0.2, 0.25) is 0 Å². The molecule has 0 unspecified atom stereocenters. The third-order valence-corrected chi connectivity index (χ3v) is 19.1. The maximum atomic E-state index is 2.68. The maximum Gasteiger partial charge on any atom is 0.252 e. The Morgan fingerprint density at radius 2 is 0.644 bits per heavy atom. The molecule has 0 bridgehead atoms. The summed E-state index contributed by atoms with van der Waals surface area (Å²) in [6.45, 7) is 27.8. The van der Waals surface area contributed by atoms with E-state index in [1.807, 2.05) is 0 Å².